The summed E-state index contributed by atoms with van der Waals surface area (Å²) in [4.78, 5) is 14.5. The lowest BCUT2D eigenvalue weighted by Crippen LogP contribution is -2.18. The number of hydrogen-bond donors (Lipinski definition) is 2. The minimum absolute atomic E-state index is 0.140. The number of carbonyl (C=O) groups is 1. The van der Waals surface area contributed by atoms with E-state index in [1.54, 1.807) is 18.5 Å². The number of ether oxygens (including phenoxy) is 1. The lowest BCUT2D eigenvalue weighted by molar-refractivity contribution is -0.121. The van der Waals surface area contributed by atoms with Gasteiger partial charge in [0, 0.05) is 17.6 Å². The molecule has 5 nitrogen and oxygen atoms in total. The minimum atomic E-state index is -0.140. The van der Waals surface area contributed by atoms with Crippen molar-refractivity contribution in [2.24, 2.45) is 5.10 Å². The van der Waals surface area contributed by atoms with Crippen molar-refractivity contribution in [2.75, 3.05) is 6.61 Å². The number of amides is 1. The quantitative estimate of drug-likeness (QED) is 0.467. The largest absolute Gasteiger partial charge is 0.493 e. The molecule has 0 radical (unpaired) electrons. The van der Waals surface area contributed by atoms with E-state index in [1.165, 1.54) is 0 Å². The molecule has 1 heterocycles. The highest BCUT2D eigenvalue weighted by Gasteiger charge is 2.02. The van der Waals surface area contributed by atoms with Crippen molar-refractivity contribution in [2.45, 2.75) is 19.8 Å². The summed E-state index contributed by atoms with van der Waals surface area (Å²) in [6.07, 6.45) is 4.32. The molecule has 1 amide bonds. The summed E-state index contributed by atoms with van der Waals surface area (Å²) in [7, 11) is 0. The highest BCUT2D eigenvalue weighted by Crippen LogP contribution is 2.21. The van der Waals surface area contributed by atoms with Gasteiger partial charge in [-0.25, -0.2) is 5.43 Å². The van der Waals surface area contributed by atoms with Crippen molar-refractivity contribution in [1.82, 2.24) is 10.4 Å². The van der Waals surface area contributed by atoms with E-state index in [9.17, 15) is 4.79 Å². The Balaban J connectivity index is 1.64. The van der Waals surface area contributed by atoms with Crippen LogP contribution in [-0.4, -0.2) is 23.7 Å². The first-order chi connectivity index (χ1) is 10.6. The third-order valence-corrected chi connectivity index (χ3v) is 3.19. The Morgan fingerprint density at radius 1 is 1.45 bits per heavy atom. The first-order valence-corrected chi connectivity index (χ1v) is 7.37. The smallest absolute Gasteiger partial charge is 0.240 e. The Morgan fingerprint density at radius 2 is 2.32 bits per heavy atom. The third-order valence-electron chi connectivity index (χ3n) is 2.96. The third kappa shape index (κ3) is 5.26. The van der Waals surface area contributed by atoms with E-state index in [2.05, 4.69) is 15.5 Å². The van der Waals surface area contributed by atoms with Gasteiger partial charge in [-0.2, -0.15) is 5.10 Å². The first kappa shape index (κ1) is 16.1. The summed E-state index contributed by atoms with van der Waals surface area (Å²) in [5, 5.41) is 4.55. The maximum absolute atomic E-state index is 11.6. The van der Waals surface area contributed by atoms with Crippen molar-refractivity contribution in [3.63, 3.8) is 0 Å². The zero-order valence-electron chi connectivity index (χ0n) is 12.3. The van der Waals surface area contributed by atoms with Gasteiger partial charge in [0.1, 0.15) is 5.75 Å². The molecular formula is C16H18ClN3O2. The van der Waals surface area contributed by atoms with Crippen LogP contribution in [0.5, 0.6) is 5.75 Å². The summed E-state index contributed by atoms with van der Waals surface area (Å²) in [5.41, 5.74) is 4.29. The molecule has 1 aromatic heterocycles. The van der Waals surface area contributed by atoms with E-state index in [1.807, 2.05) is 31.2 Å². The molecule has 0 aliphatic heterocycles. The lowest BCUT2D eigenvalue weighted by Gasteiger charge is -2.08. The number of aromatic nitrogens is 1. The Bertz CT molecular complexity index is 639. The monoisotopic (exact) mass is 319 g/mol. The van der Waals surface area contributed by atoms with E-state index in [0.29, 0.717) is 24.5 Å². The Labute approximate surface area is 134 Å². The highest BCUT2D eigenvalue weighted by atomic mass is 35.5. The predicted molar refractivity (Wildman–Crippen MR) is 87.4 cm³/mol. The summed E-state index contributed by atoms with van der Waals surface area (Å²) in [5.74, 6) is 0.647. The van der Waals surface area contributed by atoms with Gasteiger partial charge in [0.15, 0.2) is 0 Å². The summed E-state index contributed by atoms with van der Waals surface area (Å²) >= 11 is 5.88. The second kappa shape index (κ2) is 8.24. The molecule has 2 N–H and O–H groups in total. The van der Waals surface area contributed by atoms with Gasteiger partial charge >= 0.3 is 0 Å². The molecule has 0 saturated carbocycles. The first-order valence-electron chi connectivity index (χ1n) is 6.99. The van der Waals surface area contributed by atoms with Gasteiger partial charge in [0.25, 0.3) is 0 Å². The van der Waals surface area contributed by atoms with Crippen LogP contribution in [0.4, 0.5) is 0 Å². The Morgan fingerprint density at radius 3 is 3.05 bits per heavy atom. The molecule has 6 heteroatoms. The topological polar surface area (TPSA) is 66.5 Å². The maximum Gasteiger partial charge on any atom is 0.240 e. The standard InChI is InChI=1S/C16H18ClN3O2/c1-12-10-13(17)6-7-15(12)22-9-3-5-16(21)20-19-11-14-4-2-8-18-14/h2,4,6-8,10-11,18H,3,5,9H2,1H3,(H,20,21). The van der Waals surface area contributed by atoms with Crippen LogP contribution in [0.1, 0.15) is 24.1 Å². The number of halogens is 1. The van der Waals surface area contributed by atoms with Crippen LogP contribution in [0.3, 0.4) is 0 Å². The normalized spacial score (nSPS) is 10.8. The number of benzene rings is 1. The van der Waals surface area contributed by atoms with Gasteiger partial charge in [-0.15, -0.1) is 0 Å². The second-order valence-electron chi connectivity index (χ2n) is 4.78. The van der Waals surface area contributed by atoms with Gasteiger partial charge in [-0.05, 0) is 49.2 Å². The zero-order valence-corrected chi connectivity index (χ0v) is 13.1. The molecule has 22 heavy (non-hydrogen) atoms. The number of rotatable bonds is 7. The molecule has 2 rings (SSSR count). The summed E-state index contributed by atoms with van der Waals surface area (Å²) in [6, 6.07) is 9.18. The molecule has 0 spiro atoms. The van der Waals surface area contributed by atoms with Crippen molar-refractivity contribution in [1.29, 1.82) is 0 Å². The van der Waals surface area contributed by atoms with Crippen LogP contribution in [0.15, 0.2) is 41.6 Å². The van der Waals surface area contributed by atoms with Gasteiger partial charge in [-0.1, -0.05) is 11.6 Å². The molecule has 0 fully saturated rings. The summed E-state index contributed by atoms with van der Waals surface area (Å²) in [6.45, 7) is 2.40. The number of hydrazone groups is 1. The number of nitrogens with zero attached hydrogens (tertiary/aromatic N) is 1. The van der Waals surface area contributed by atoms with Gasteiger partial charge in [0.05, 0.1) is 18.5 Å². The molecule has 0 atom stereocenters. The molecule has 0 aliphatic carbocycles. The van der Waals surface area contributed by atoms with E-state index < -0.39 is 0 Å². The van der Waals surface area contributed by atoms with Crippen molar-refractivity contribution < 1.29 is 9.53 Å². The highest BCUT2D eigenvalue weighted by molar-refractivity contribution is 6.30. The van der Waals surface area contributed by atoms with Gasteiger partial charge in [0.2, 0.25) is 5.91 Å². The van der Waals surface area contributed by atoms with E-state index in [0.717, 1.165) is 17.0 Å². The van der Waals surface area contributed by atoms with E-state index in [-0.39, 0.29) is 5.91 Å². The molecular weight excluding hydrogens is 302 g/mol. The van der Waals surface area contributed by atoms with E-state index in [4.69, 9.17) is 16.3 Å². The predicted octanol–water partition coefficient (Wildman–Crippen LogP) is 3.29. The van der Waals surface area contributed by atoms with Crippen LogP contribution in [0, 0.1) is 6.92 Å². The molecule has 1 aromatic carbocycles. The lowest BCUT2D eigenvalue weighted by atomic mass is 10.2. The van der Waals surface area contributed by atoms with Crippen molar-refractivity contribution in [3.8, 4) is 5.75 Å². The fourth-order valence-electron chi connectivity index (χ4n) is 1.84. The van der Waals surface area contributed by atoms with Crippen molar-refractivity contribution in [3.05, 3.63) is 52.8 Å². The van der Waals surface area contributed by atoms with Gasteiger partial charge < -0.3 is 9.72 Å². The molecule has 116 valence electrons. The van der Waals surface area contributed by atoms with Gasteiger partial charge in [-0.3, -0.25) is 4.79 Å². The van der Waals surface area contributed by atoms with Crippen LogP contribution in [0.2, 0.25) is 5.02 Å². The summed E-state index contributed by atoms with van der Waals surface area (Å²) < 4.78 is 5.62. The number of aromatic amines is 1. The zero-order chi connectivity index (χ0) is 15.8. The Kier molecular flexibility index (Phi) is 6.03. The fourth-order valence-corrected chi connectivity index (χ4v) is 2.07. The average Bonchev–Trinajstić information content (AvgIpc) is 2.99. The number of hydrogen-bond acceptors (Lipinski definition) is 3. The molecule has 0 bridgehead atoms. The van der Waals surface area contributed by atoms with Crippen LogP contribution < -0.4 is 10.2 Å². The molecule has 0 aliphatic rings. The van der Waals surface area contributed by atoms with Crippen LogP contribution in [0.25, 0.3) is 0 Å². The molecule has 2 aromatic rings. The minimum Gasteiger partial charge on any atom is -0.493 e. The fraction of sp³-hybridized carbons (Fsp3) is 0.250. The molecule has 0 saturated heterocycles. The molecule has 0 unspecified atom stereocenters. The number of H-pyrrole nitrogens is 1. The number of carbonyl (C=O) groups excluding carboxylic acids is 1. The van der Waals surface area contributed by atoms with Crippen LogP contribution in [-0.2, 0) is 4.79 Å². The average molecular weight is 320 g/mol. The second-order valence-corrected chi connectivity index (χ2v) is 5.22. The Hall–Kier alpha value is -2.27. The SMILES string of the molecule is Cc1cc(Cl)ccc1OCCCC(=O)NN=Cc1ccc[nH]1. The number of nitrogens with one attached hydrogen (secondary N) is 2. The van der Waals surface area contributed by atoms with E-state index >= 15 is 0 Å². The number of aryl methyl sites for hydroxylation is 1. The van der Waals surface area contributed by atoms with Crippen LogP contribution >= 0.6 is 11.6 Å². The van der Waals surface area contributed by atoms with Crippen molar-refractivity contribution >= 4 is 23.7 Å². The maximum atomic E-state index is 11.6.